The number of phenols is 1. The number of carbonyl (C=O) groups is 1. The predicted octanol–water partition coefficient (Wildman–Crippen LogP) is 2.67. The number of ether oxygens (including phenoxy) is 1. The molecule has 24 heavy (non-hydrogen) atoms. The first-order valence-corrected chi connectivity index (χ1v) is 7.96. The van der Waals surface area contributed by atoms with E-state index in [1.54, 1.807) is 12.1 Å². The molecule has 2 heterocycles. The summed E-state index contributed by atoms with van der Waals surface area (Å²) in [5.74, 6) is 0.122. The Hall–Kier alpha value is -2.79. The number of fused-ring (bicyclic) bond motifs is 1. The SMILES string of the molecule is O=C1NC(Cc2ccc(O)cc2)COC1c1c[nH]c2ccccc12. The molecule has 0 aliphatic carbocycles. The fourth-order valence-electron chi connectivity index (χ4n) is 3.18. The van der Waals surface area contributed by atoms with E-state index in [0.717, 1.165) is 22.0 Å². The van der Waals surface area contributed by atoms with E-state index in [1.165, 1.54) is 0 Å². The lowest BCUT2D eigenvalue weighted by atomic mass is 10.0. The number of amides is 1. The number of carbonyl (C=O) groups excluding carboxylic acids is 1. The van der Waals surface area contributed by atoms with Crippen LogP contribution in [0.15, 0.2) is 54.7 Å². The quantitative estimate of drug-likeness (QED) is 0.694. The summed E-state index contributed by atoms with van der Waals surface area (Å²) >= 11 is 0. The number of H-pyrrole nitrogens is 1. The molecule has 0 radical (unpaired) electrons. The highest BCUT2D eigenvalue weighted by atomic mass is 16.5. The standard InChI is InChI=1S/C19H18N2O3/c22-14-7-5-12(6-8-14)9-13-11-24-18(19(23)21-13)16-10-20-17-4-2-1-3-15(16)17/h1-8,10,13,18,20,22H,9,11H2,(H,21,23). The number of aromatic nitrogens is 1. The summed E-state index contributed by atoms with van der Waals surface area (Å²) in [7, 11) is 0. The minimum atomic E-state index is -0.586. The molecule has 1 amide bonds. The molecular formula is C19H18N2O3. The lowest BCUT2D eigenvalue weighted by Crippen LogP contribution is -2.48. The van der Waals surface area contributed by atoms with Gasteiger partial charge in [-0.2, -0.15) is 0 Å². The number of para-hydroxylation sites is 1. The molecule has 2 unspecified atom stereocenters. The van der Waals surface area contributed by atoms with Crippen molar-refractivity contribution in [3.05, 3.63) is 65.9 Å². The van der Waals surface area contributed by atoms with E-state index < -0.39 is 6.10 Å². The molecule has 1 fully saturated rings. The Morgan fingerprint density at radius 1 is 1.12 bits per heavy atom. The Morgan fingerprint density at radius 2 is 1.92 bits per heavy atom. The smallest absolute Gasteiger partial charge is 0.254 e. The van der Waals surface area contributed by atoms with Crippen LogP contribution in [-0.2, 0) is 16.0 Å². The first-order chi connectivity index (χ1) is 11.7. The van der Waals surface area contributed by atoms with Gasteiger partial charge in [-0.15, -0.1) is 0 Å². The Kier molecular flexibility index (Phi) is 3.70. The summed E-state index contributed by atoms with van der Waals surface area (Å²) in [6, 6.07) is 14.8. The minimum Gasteiger partial charge on any atom is -0.508 e. The lowest BCUT2D eigenvalue weighted by molar-refractivity contribution is -0.141. The van der Waals surface area contributed by atoms with Gasteiger partial charge in [0.25, 0.3) is 5.91 Å². The average molecular weight is 322 g/mol. The minimum absolute atomic E-state index is 0.0662. The highest BCUT2D eigenvalue weighted by Crippen LogP contribution is 2.29. The second kappa shape index (κ2) is 6.02. The van der Waals surface area contributed by atoms with Gasteiger partial charge in [-0.3, -0.25) is 4.79 Å². The lowest BCUT2D eigenvalue weighted by Gasteiger charge is -2.29. The Balaban J connectivity index is 1.48. The van der Waals surface area contributed by atoms with Crippen molar-refractivity contribution in [3.8, 4) is 5.75 Å². The van der Waals surface area contributed by atoms with E-state index >= 15 is 0 Å². The van der Waals surface area contributed by atoms with Crippen molar-refractivity contribution in [2.75, 3.05) is 6.61 Å². The molecule has 0 bridgehead atoms. The van der Waals surface area contributed by atoms with E-state index in [9.17, 15) is 9.90 Å². The fraction of sp³-hybridized carbons (Fsp3) is 0.211. The summed E-state index contributed by atoms with van der Waals surface area (Å²) in [5.41, 5.74) is 2.91. The van der Waals surface area contributed by atoms with Crippen molar-refractivity contribution in [1.82, 2.24) is 10.3 Å². The average Bonchev–Trinajstić information content (AvgIpc) is 3.01. The van der Waals surface area contributed by atoms with Crippen molar-refractivity contribution in [2.45, 2.75) is 18.6 Å². The summed E-state index contributed by atoms with van der Waals surface area (Å²) < 4.78 is 5.87. The molecule has 0 saturated carbocycles. The van der Waals surface area contributed by atoms with E-state index in [0.29, 0.717) is 13.0 Å². The van der Waals surface area contributed by atoms with Crippen LogP contribution in [0.3, 0.4) is 0 Å². The molecule has 1 aromatic heterocycles. The van der Waals surface area contributed by atoms with Crippen molar-refractivity contribution < 1.29 is 14.6 Å². The summed E-state index contributed by atoms with van der Waals surface area (Å²) in [5, 5.41) is 13.4. The third kappa shape index (κ3) is 2.74. The molecule has 1 saturated heterocycles. The summed E-state index contributed by atoms with van der Waals surface area (Å²) in [6.07, 6.45) is 1.93. The van der Waals surface area contributed by atoms with Crippen LogP contribution in [-0.4, -0.2) is 28.6 Å². The highest BCUT2D eigenvalue weighted by molar-refractivity contribution is 5.91. The molecule has 3 N–H and O–H groups in total. The molecule has 122 valence electrons. The Bertz CT molecular complexity index is 870. The van der Waals surface area contributed by atoms with E-state index in [1.807, 2.05) is 42.6 Å². The fourth-order valence-corrected chi connectivity index (χ4v) is 3.18. The molecule has 2 atom stereocenters. The van der Waals surface area contributed by atoms with Crippen molar-refractivity contribution in [2.24, 2.45) is 0 Å². The van der Waals surface area contributed by atoms with Gasteiger partial charge in [0.05, 0.1) is 12.6 Å². The van der Waals surface area contributed by atoms with Gasteiger partial charge in [-0.25, -0.2) is 0 Å². The molecule has 4 rings (SSSR count). The van der Waals surface area contributed by atoms with Crippen molar-refractivity contribution >= 4 is 16.8 Å². The Morgan fingerprint density at radius 3 is 2.71 bits per heavy atom. The first-order valence-electron chi connectivity index (χ1n) is 7.96. The summed E-state index contributed by atoms with van der Waals surface area (Å²) in [6.45, 7) is 0.455. The molecular weight excluding hydrogens is 304 g/mol. The van der Waals surface area contributed by atoms with E-state index in [4.69, 9.17) is 4.74 Å². The van der Waals surface area contributed by atoms with Crippen LogP contribution in [0, 0.1) is 0 Å². The number of rotatable bonds is 3. The highest BCUT2D eigenvalue weighted by Gasteiger charge is 2.31. The van der Waals surface area contributed by atoms with Gasteiger partial charge >= 0.3 is 0 Å². The number of aromatic hydroxyl groups is 1. The van der Waals surface area contributed by atoms with Crippen LogP contribution >= 0.6 is 0 Å². The zero-order valence-corrected chi connectivity index (χ0v) is 13.0. The second-order valence-electron chi connectivity index (χ2n) is 6.08. The van der Waals surface area contributed by atoms with Crippen LogP contribution in [0.4, 0.5) is 0 Å². The second-order valence-corrected chi connectivity index (χ2v) is 6.08. The number of hydrogen-bond donors (Lipinski definition) is 3. The molecule has 3 aromatic rings. The largest absolute Gasteiger partial charge is 0.508 e. The van der Waals surface area contributed by atoms with Gasteiger partial charge in [0.15, 0.2) is 6.10 Å². The van der Waals surface area contributed by atoms with Gasteiger partial charge in [0.1, 0.15) is 5.75 Å². The molecule has 0 spiro atoms. The third-order valence-corrected chi connectivity index (χ3v) is 4.37. The maximum Gasteiger partial charge on any atom is 0.254 e. The molecule has 5 heteroatoms. The number of phenolic OH excluding ortho intramolecular Hbond substituents is 1. The van der Waals surface area contributed by atoms with Crippen LogP contribution in [0.2, 0.25) is 0 Å². The topological polar surface area (TPSA) is 74.3 Å². The normalized spacial score (nSPS) is 20.9. The van der Waals surface area contributed by atoms with Crippen molar-refractivity contribution in [3.63, 3.8) is 0 Å². The Labute approximate surface area is 139 Å². The van der Waals surface area contributed by atoms with Gasteiger partial charge in [0, 0.05) is 22.7 Å². The molecule has 1 aliphatic rings. The molecule has 2 aromatic carbocycles. The van der Waals surface area contributed by atoms with Crippen LogP contribution in [0.25, 0.3) is 10.9 Å². The zero-order valence-electron chi connectivity index (χ0n) is 13.0. The monoisotopic (exact) mass is 322 g/mol. The maximum atomic E-state index is 12.5. The maximum absolute atomic E-state index is 12.5. The number of benzene rings is 2. The zero-order chi connectivity index (χ0) is 16.5. The predicted molar refractivity (Wildman–Crippen MR) is 90.7 cm³/mol. The van der Waals surface area contributed by atoms with Crippen LogP contribution in [0.1, 0.15) is 17.2 Å². The van der Waals surface area contributed by atoms with Crippen LogP contribution < -0.4 is 5.32 Å². The number of nitrogens with one attached hydrogen (secondary N) is 2. The number of morpholine rings is 1. The van der Waals surface area contributed by atoms with Gasteiger partial charge in [-0.1, -0.05) is 30.3 Å². The van der Waals surface area contributed by atoms with E-state index in [2.05, 4.69) is 10.3 Å². The third-order valence-electron chi connectivity index (χ3n) is 4.37. The molecule has 5 nitrogen and oxygen atoms in total. The number of hydrogen-bond acceptors (Lipinski definition) is 3. The number of aromatic amines is 1. The van der Waals surface area contributed by atoms with Crippen LogP contribution in [0.5, 0.6) is 5.75 Å². The summed E-state index contributed by atoms with van der Waals surface area (Å²) in [4.78, 5) is 15.7. The van der Waals surface area contributed by atoms with E-state index in [-0.39, 0.29) is 17.7 Å². The van der Waals surface area contributed by atoms with Crippen molar-refractivity contribution in [1.29, 1.82) is 0 Å². The van der Waals surface area contributed by atoms with Gasteiger partial charge in [-0.05, 0) is 30.2 Å². The first kappa shape index (κ1) is 14.8. The molecule has 1 aliphatic heterocycles. The van der Waals surface area contributed by atoms with Gasteiger partial charge in [0.2, 0.25) is 0 Å². The van der Waals surface area contributed by atoms with Gasteiger partial charge < -0.3 is 20.1 Å².